The second-order valence-corrected chi connectivity index (χ2v) is 4.31. The van der Waals surface area contributed by atoms with Crippen molar-refractivity contribution >= 4 is 12.2 Å². The maximum Gasteiger partial charge on any atom is 0.195 e. The lowest BCUT2D eigenvalue weighted by molar-refractivity contribution is 0.141. The SMILES string of the molecule is CCOCCCn1c(-c2ccccc2)n[nH]c1=S. The Hall–Kier alpha value is -1.46. The van der Waals surface area contributed by atoms with Crippen molar-refractivity contribution in [2.75, 3.05) is 13.2 Å². The molecule has 0 fully saturated rings. The predicted molar refractivity (Wildman–Crippen MR) is 74.0 cm³/mol. The highest BCUT2D eigenvalue weighted by Crippen LogP contribution is 2.16. The molecule has 0 radical (unpaired) electrons. The van der Waals surface area contributed by atoms with E-state index in [0.717, 1.165) is 37.6 Å². The van der Waals surface area contributed by atoms with Gasteiger partial charge in [0.05, 0.1) is 0 Å². The molecule has 1 heterocycles. The van der Waals surface area contributed by atoms with Gasteiger partial charge in [-0.2, -0.15) is 5.10 Å². The maximum absolute atomic E-state index is 5.34. The topological polar surface area (TPSA) is 42.8 Å². The average Bonchev–Trinajstić information content (AvgIpc) is 2.77. The third kappa shape index (κ3) is 3.05. The summed E-state index contributed by atoms with van der Waals surface area (Å²) in [6, 6.07) is 10.0. The van der Waals surface area contributed by atoms with Crippen molar-refractivity contribution in [3.05, 3.63) is 35.1 Å². The quantitative estimate of drug-likeness (QED) is 0.643. The van der Waals surface area contributed by atoms with Gasteiger partial charge < -0.3 is 9.30 Å². The number of nitrogens with one attached hydrogen (secondary N) is 1. The van der Waals surface area contributed by atoms with E-state index in [1.54, 1.807) is 0 Å². The lowest BCUT2D eigenvalue weighted by Gasteiger charge is -2.06. The van der Waals surface area contributed by atoms with Gasteiger partial charge in [-0.05, 0) is 25.6 Å². The van der Waals surface area contributed by atoms with Crippen molar-refractivity contribution in [3.63, 3.8) is 0 Å². The summed E-state index contributed by atoms with van der Waals surface area (Å²) in [5.74, 6) is 0.886. The molecule has 5 heteroatoms. The molecule has 0 amide bonds. The van der Waals surface area contributed by atoms with Crippen LogP contribution in [0.3, 0.4) is 0 Å². The minimum absolute atomic E-state index is 0.658. The average molecular weight is 263 g/mol. The molecule has 18 heavy (non-hydrogen) atoms. The third-order valence-electron chi connectivity index (χ3n) is 2.66. The molecular formula is C13H17N3OS. The molecule has 4 nitrogen and oxygen atoms in total. The van der Waals surface area contributed by atoms with Gasteiger partial charge in [0, 0.05) is 25.3 Å². The molecule has 0 saturated carbocycles. The largest absolute Gasteiger partial charge is 0.382 e. The molecule has 0 saturated heterocycles. The number of rotatable bonds is 6. The first-order valence-electron chi connectivity index (χ1n) is 6.11. The number of hydrogen-bond donors (Lipinski definition) is 1. The van der Waals surface area contributed by atoms with Gasteiger partial charge in [0.1, 0.15) is 0 Å². The van der Waals surface area contributed by atoms with E-state index in [2.05, 4.69) is 10.2 Å². The Balaban J connectivity index is 2.15. The highest BCUT2D eigenvalue weighted by molar-refractivity contribution is 7.71. The van der Waals surface area contributed by atoms with Crippen LogP contribution in [0, 0.1) is 4.77 Å². The first-order chi connectivity index (χ1) is 8.83. The zero-order valence-electron chi connectivity index (χ0n) is 10.4. The zero-order chi connectivity index (χ0) is 12.8. The number of benzene rings is 1. The van der Waals surface area contributed by atoms with E-state index >= 15 is 0 Å². The molecule has 2 rings (SSSR count). The van der Waals surface area contributed by atoms with E-state index in [1.807, 2.05) is 41.8 Å². The van der Waals surface area contributed by atoms with Crippen molar-refractivity contribution < 1.29 is 4.74 Å². The minimum atomic E-state index is 0.658. The molecule has 1 N–H and O–H groups in total. The summed E-state index contributed by atoms with van der Waals surface area (Å²) in [6.07, 6.45) is 0.932. The first kappa shape index (κ1) is 13.0. The third-order valence-corrected chi connectivity index (χ3v) is 2.98. The molecule has 96 valence electrons. The van der Waals surface area contributed by atoms with E-state index in [0.29, 0.717) is 4.77 Å². The van der Waals surface area contributed by atoms with E-state index < -0.39 is 0 Å². The van der Waals surface area contributed by atoms with E-state index in [4.69, 9.17) is 17.0 Å². The molecule has 0 aliphatic heterocycles. The fourth-order valence-corrected chi connectivity index (χ4v) is 2.03. The van der Waals surface area contributed by atoms with Crippen LogP contribution in [-0.4, -0.2) is 28.0 Å². The minimum Gasteiger partial charge on any atom is -0.382 e. The van der Waals surface area contributed by atoms with Crippen LogP contribution in [0.2, 0.25) is 0 Å². The fourth-order valence-electron chi connectivity index (χ4n) is 1.80. The number of hydrogen-bond acceptors (Lipinski definition) is 3. The zero-order valence-corrected chi connectivity index (χ0v) is 11.2. The molecule has 2 aromatic rings. The van der Waals surface area contributed by atoms with E-state index in [9.17, 15) is 0 Å². The first-order valence-corrected chi connectivity index (χ1v) is 6.52. The van der Waals surface area contributed by atoms with Crippen molar-refractivity contribution in [2.45, 2.75) is 19.9 Å². The van der Waals surface area contributed by atoms with Crippen LogP contribution in [0.5, 0.6) is 0 Å². The van der Waals surface area contributed by atoms with Crippen LogP contribution in [0.4, 0.5) is 0 Å². The van der Waals surface area contributed by atoms with Crippen LogP contribution in [-0.2, 0) is 11.3 Å². The lowest BCUT2D eigenvalue weighted by atomic mass is 10.2. The second kappa shape index (κ2) is 6.47. The van der Waals surface area contributed by atoms with Gasteiger partial charge in [0.25, 0.3) is 0 Å². The number of aromatic amines is 1. The molecule has 0 aliphatic rings. The molecule has 0 aliphatic carbocycles. The summed E-state index contributed by atoms with van der Waals surface area (Å²) in [5.41, 5.74) is 1.07. The van der Waals surface area contributed by atoms with Gasteiger partial charge in [-0.25, -0.2) is 0 Å². The van der Waals surface area contributed by atoms with Crippen LogP contribution < -0.4 is 0 Å². The highest BCUT2D eigenvalue weighted by atomic mass is 32.1. The van der Waals surface area contributed by atoms with Crippen molar-refractivity contribution in [3.8, 4) is 11.4 Å². The Labute approximate surface area is 112 Å². The standard InChI is InChI=1S/C13H17N3OS/c1-2-17-10-6-9-16-12(14-15-13(16)18)11-7-4-3-5-8-11/h3-5,7-8H,2,6,9-10H2,1H3,(H,15,18). The highest BCUT2D eigenvalue weighted by Gasteiger charge is 2.07. The second-order valence-electron chi connectivity index (χ2n) is 3.92. The summed E-state index contributed by atoms with van der Waals surface area (Å²) in [7, 11) is 0. The molecule has 0 bridgehead atoms. The van der Waals surface area contributed by atoms with E-state index in [1.165, 1.54) is 0 Å². The molecular weight excluding hydrogens is 246 g/mol. The summed E-state index contributed by atoms with van der Waals surface area (Å²) < 4.78 is 8.01. The van der Waals surface area contributed by atoms with Gasteiger partial charge in [-0.3, -0.25) is 5.10 Å². The van der Waals surface area contributed by atoms with Crippen LogP contribution in [0.15, 0.2) is 30.3 Å². The molecule has 0 unspecified atom stereocenters. The summed E-state index contributed by atoms with van der Waals surface area (Å²) in [5, 5.41) is 7.14. The monoisotopic (exact) mass is 263 g/mol. The summed E-state index contributed by atoms with van der Waals surface area (Å²) >= 11 is 5.25. The van der Waals surface area contributed by atoms with Crippen LogP contribution in [0.25, 0.3) is 11.4 Å². The maximum atomic E-state index is 5.34. The predicted octanol–water partition coefficient (Wildman–Crippen LogP) is 3.03. The Morgan fingerprint density at radius 1 is 1.33 bits per heavy atom. The number of nitrogens with zero attached hydrogens (tertiary/aromatic N) is 2. The van der Waals surface area contributed by atoms with Gasteiger partial charge in [0.15, 0.2) is 10.6 Å². The van der Waals surface area contributed by atoms with Crippen molar-refractivity contribution in [2.24, 2.45) is 0 Å². The summed E-state index contributed by atoms with van der Waals surface area (Å²) in [6.45, 7) is 4.32. The number of aromatic nitrogens is 3. The normalized spacial score (nSPS) is 10.7. The van der Waals surface area contributed by atoms with Crippen molar-refractivity contribution in [1.29, 1.82) is 0 Å². The summed E-state index contributed by atoms with van der Waals surface area (Å²) in [4.78, 5) is 0. The lowest BCUT2D eigenvalue weighted by Crippen LogP contribution is -2.04. The fraction of sp³-hybridized carbons (Fsp3) is 0.385. The molecule has 1 aromatic carbocycles. The Morgan fingerprint density at radius 2 is 2.11 bits per heavy atom. The van der Waals surface area contributed by atoms with Gasteiger partial charge >= 0.3 is 0 Å². The van der Waals surface area contributed by atoms with Crippen molar-refractivity contribution in [1.82, 2.24) is 14.8 Å². The Kier molecular flexibility index (Phi) is 4.66. The Morgan fingerprint density at radius 3 is 2.83 bits per heavy atom. The molecule has 0 atom stereocenters. The van der Waals surface area contributed by atoms with Crippen LogP contribution in [0.1, 0.15) is 13.3 Å². The van der Waals surface area contributed by atoms with Gasteiger partial charge in [-0.1, -0.05) is 30.3 Å². The number of ether oxygens (including phenoxy) is 1. The molecule has 1 aromatic heterocycles. The number of H-pyrrole nitrogens is 1. The molecule has 0 spiro atoms. The smallest absolute Gasteiger partial charge is 0.195 e. The Bertz CT molecular complexity index is 533. The van der Waals surface area contributed by atoms with Crippen LogP contribution >= 0.6 is 12.2 Å². The van der Waals surface area contributed by atoms with E-state index in [-0.39, 0.29) is 0 Å². The van der Waals surface area contributed by atoms with Gasteiger partial charge in [0.2, 0.25) is 0 Å². The van der Waals surface area contributed by atoms with Gasteiger partial charge in [-0.15, -0.1) is 0 Å².